The van der Waals surface area contributed by atoms with Crippen molar-refractivity contribution in [1.29, 1.82) is 0 Å². The Hall–Kier alpha value is -0.585. The first kappa shape index (κ1) is 11.9. The van der Waals surface area contributed by atoms with Crippen molar-refractivity contribution in [3.05, 3.63) is 0 Å². The summed E-state index contributed by atoms with van der Waals surface area (Å²) >= 11 is 0. The fourth-order valence-electron chi connectivity index (χ4n) is 3.32. The third-order valence-electron chi connectivity index (χ3n) is 4.15. The molecule has 0 unspecified atom stereocenters. The minimum Gasteiger partial charge on any atom is -0.480 e. The van der Waals surface area contributed by atoms with Gasteiger partial charge in [-0.25, -0.2) is 0 Å². The third kappa shape index (κ3) is 1.85. The van der Waals surface area contributed by atoms with Crippen LogP contribution in [0.4, 0.5) is 0 Å². The van der Waals surface area contributed by atoms with E-state index < -0.39 is 18.6 Å². The molecule has 0 amide bonds. The van der Waals surface area contributed by atoms with Crippen molar-refractivity contribution in [3.63, 3.8) is 0 Å². The van der Waals surface area contributed by atoms with E-state index >= 15 is 0 Å². The Morgan fingerprint density at radius 1 is 1.50 bits per heavy atom. The number of aliphatic carboxylic acids is 1. The van der Waals surface area contributed by atoms with Crippen LogP contribution in [0.2, 0.25) is 6.32 Å². The second-order valence-corrected chi connectivity index (χ2v) is 4.97. The molecule has 0 aromatic carbocycles. The summed E-state index contributed by atoms with van der Waals surface area (Å²) in [5.74, 6) is -0.141. The number of carbonyl (C=O) groups is 1. The number of hydrogen-bond acceptors (Lipinski definition) is 4. The molecule has 2 aliphatic rings. The Kier molecular flexibility index (Phi) is 3.23. The van der Waals surface area contributed by atoms with Crippen molar-refractivity contribution in [2.24, 2.45) is 11.8 Å². The van der Waals surface area contributed by atoms with Gasteiger partial charge in [0, 0.05) is 0 Å². The van der Waals surface area contributed by atoms with E-state index in [1.54, 1.807) is 0 Å². The van der Waals surface area contributed by atoms with Gasteiger partial charge in [-0.2, -0.15) is 0 Å². The van der Waals surface area contributed by atoms with E-state index in [2.05, 4.69) is 5.32 Å². The highest BCUT2D eigenvalue weighted by molar-refractivity contribution is 6.40. The number of piperidine rings is 1. The average molecular weight is 227 g/mol. The fraction of sp³-hybridized carbons (Fsp3) is 0.900. The van der Waals surface area contributed by atoms with Crippen molar-refractivity contribution in [2.75, 3.05) is 6.54 Å². The summed E-state index contributed by atoms with van der Waals surface area (Å²) in [5, 5.41) is 30.0. The SMILES string of the molecule is O=C(O)[C@]12CC[C@@H](CN1)[C@H]2CCCB(O)O. The van der Waals surface area contributed by atoms with Crippen molar-refractivity contribution < 1.29 is 19.9 Å². The normalized spacial score (nSPS) is 36.6. The smallest absolute Gasteiger partial charge is 0.451 e. The fourth-order valence-corrected chi connectivity index (χ4v) is 3.32. The zero-order valence-corrected chi connectivity index (χ0v) is 9.22. The van der Waals surface area contributed by atoms with Gasteiger partial charge in [-0.1, -0.05) is 6.42 Å². The van der Waals surface area contributed by atoms with Crippen LogP contribution in [-0.4, -0.2) is 40.3 Å². The molecule has 0 spiro atoms. The lowest BCUT2D eigenvalue weighted by Gasteiger charge is -2.27. The predicted molar refractivity (Wildman–Crippen MR) is 58.8 cm³/mol. The van der Waals surface area contributed by atoms with Gasteiger partial charge in [-0.15, -0.1) is 0 Å². The minimum absolute atomic E-state index is 0.156. The quantitative estimate of drug-likeness (QED) is 0.484. The number of carboxylic acids is 1. The van der Waals surface area contributed by atoms with E-state index in [9.17, 15) is 9.90 Å². The highest BCUT2D eigenvalue weighted by atomic mass is 16.4. The average Bonchev–Trinajstić information content (AvgIpc) is 2.74. The van der Waals surface area contributed by atoms with Gasteiger partial charge in [0.2, 0.25) is 0 Å². The van der Waals surface area contributed by atoms with Gasteiger partial charge >= 0.3 is 13.1 Å². The number of carboxylic acid groups (broad SMARTS) is 1. The lowest BCUT2D eigenvalue weighted by molar-refractivity contribution is -0.145. The highest BCUT2D eigenvalue weighted by Crippen LogP contribution is 2.47. The molecule has 3 atom stereocenters. The molecule has 2 fully saturated rings. The molecular formula is C10H18BNO4. The molecule has 0 radical (unpaired) electrons. The summed E-state index contributed by atoms with van der Waals surface area (Å²) in [6.45, 7) is 0.790. The van der Waals surface area contributed by atoms with Crippen molar-refractivity contribution in [3.8, 4) is 0 Å². The molecule has 0 aromatic rings. The van der Waals surface area contributed by atoms with Crippen LogP contribution in [0, 0.1) is 11.8 Å². The Bertz CT molecular complexity index is 276. The molecule has 1 saturated heterocycles. The second kappa shape index (κ2) is 4.35. The van der Waals surface area contributed by atoms with Gasteiger partial charge in [-0.3, -0.25) is 4.79 Å². The highest BCUT2D eigenvalue weighted by Gasteiger charge is 2.57. The van der Waals surface area contributed by atoms with Gasteiger partial charge in [0.25, 0.3) is 0 Å². The first-order chi connectivity index (χ1) is 7.56. The molecule has 6 heteroatoms. The first-order valence-electron chi connectivity index (χ1n) is 5.91. The molecular weight excluding hydrogens is 209 g/mol. The van der Waals surface area contributed by atoms with E-state index in [1.165, 1.54) is 0 Å². The summed E-state index contributed by atoms with van der Waals surface area (Å²) < 4.78 is 0. The Balaban J connectivity index is 1.95. The zero-order chi connectivity index (χ0) is 11.8. The maximum atomic E-state index is 11.3. The van der Waals surface area contributed by atoms with E-state index in [1.807, 2.05) is 0 Å². The van der Waals surface area contributed by atoms with Crippen LogP contribution in [0.15, 0.2) is 0 Å². The molecule has 1 aliphatic carbocycles. The van der Waals surface area contributed by atoms with E-state index in [0.717, 1.165) is 19.4 Å². The van der Waals surface area contributed by atoms with Crippen LogP contribution in [0.3, 0.4) is 0 Å². The molecule has 1 aliphatic heterocycles. The van der Waals surface area contributed by atoms with Crippen LogP contribution in [0.5, 0.6) is 0 Å². The molecule has 16 heavy (non-hydrogen) atoms. The summed E-state index contributed by atoms with van der Waals surface area (Å²) in [6, 6.07) is 0. The largest absolute Gasteiger partial charge is 0.480 e. The summed E-state index contributed by atoms with van der Waals surface area (Å²) in [7, 11) is -1.27. The minimum atomic E-state index is -1.27. The monoisotopic (exact) mass is 227 g/mol. The van der Waals surface area contributed by atoms with Crippen molar-refractivity contribution in [1.82, 2.24) is 5.32 Å². The second-order valence-electron chi connectivity index (χ2n) is 4.97. The Morgan fingerprint density at radius 3 is 2.75 bits per heavy atom. The standard InChI is InChI=1S/C10H18BNO4/c13-9(14)10-4-3-7(6-12-10)8(10)2-1-5-11(15)16/h7-8,12,15-16H,1-6H2,(H,13,14)/t7-,8+,10+/m0/s1. The number of fused-ring (bicyclic) bond motifs is 2. The third-order valence-corrected chi connectivity index (χ3v) is 4.15. The first-order valence-corrected chi connectivity index (χ1v) is 5.91. The van der Waals surface area contributed by atoms with Crippen molar-refractivity contribution >= 4 is 13.1 Å². The molecule has 1 heterocycles. The van der Waals surface area contributed by atoms with Gasteiger partial charge in [0.05, 0.1) is 0 Å². The lowest BCUT2D eigenvalue weighted by Crippen LogP contribution is -2.51. The maximum absolute atomic E-state index is 11.3. The molecule has 4 N–H and O–H groups in total. The summed E-state index contributed by atoms with van der Waals surface area (Å²) in [6.07, 6.45) is 3.46. The Labute approximate surface area is 95.0 Å². The summed E-state index contributed by atoms with van der Waals surface area (Å²) in [5.41, 5.74) is -0.731. The van der Waals surface area contributed by atoms with Crippen LogP contribution in [0.1, 0.15) is 25.7 Å². The van der Waals surface area contributed by atoms with E-state index in [4.69, 9.17) is 10.0 Å². The van der Waals surface area contributed by atoms with Gasteiger partial charge in [0.1, 0.15) is 5.54 Å². The number of hydrogen-bond donors (Lipinski definition) is 4. The number of rotatable bonds is 5. The van der Waals surface area contributed by atoms with Gasteiger partial charge in [0.15, 0.2) is 0 Å². The molecule has 2 bridgehead atoms. The van der Waals surface area contributed by atoms with Gasteiger partial charge in [-0.05, 0) is 44.0 Å². The van der Waals surface area contributed by atoms with E-state index in [0.29, 0.717) is 25.1 Å². The molecule has 90 valence electrons. The Morgan fingerprint density at radius 2 is 2.25 bits per heavy atom. The van der Waals surface area contributed by atoms with Crippen molar-refractivity contribution in [2.45, 2.75) is 37.5 Å². The topological polar surface area (TPSA) is 89.8 Å². The van der Waals surface area contributed by atoms with Gasteiger partial charge < -0.3 is 20.5 Å². The summed E-state index contributed by atoms with van der Waals surface area (Å²) in [4.78, 5) is 11.3. The molecule has 1 saturated carbocycles. The maximum Gasteiger partial charge on any atom is 0.451 e. The van der Waals surface area contributed by atoms with E-state index in [-0.39, 0.29) is 5.92 Å². The predicted octanol–water partition coefficient (Wildman–Crippen LogP) is -0.308. The van der Waals surface area contributed by atoms with Crippen LogP contribution in [0.25, 0.3) is 0 Å². The molecule has 2 rings (SSSR count). The molecule has 5 nitrogen and oxygen atoms in total. The van der Waals surface area contributed by atoms with Crippen LogP contribution in [-0.2, 0) is 4.79 Å². The number of nitrogens with one attached hydrogen (secondary N) is 1. The molecule has 0 aromatic heterocycles. The van der Waals surface area contributed by atoms with Crippen LogP contribution < -0.4 is 5.32 Å². The lowest BCUT2D eigenvalue weighted by atomic mass is 9.78. The van der Waals surface area contributed by atoms with Crippen LogP contribution >= 0.6 is 0 Å². The zero-order valence-electron chi connectivity index (χ0n) is 9.22.